The summed E-state index contributed by atoms with van der Waals surface area (Å²) in [7, 11) is -3.91. The smallest absolute Gasteiger partial charge is 0.408 e. The fourth-order valence-electron chi connectivity index (χ4n) is 8.51. The van der Waals surface area contributed by atoms with Gasteiger partial charge in [-0.25, -0.2) is 18.2 Å². The van der Waals surface area contributed by atoms with Gasteiger partial charge in [0.1, 0.15) is 29.5 Å². The Hall–Kier alpha value is -4.40. The van der Waals surface area contributed by atoms with Crippen molar-refractivity contribution in [3.63, 3.8) is 0 Å². The van der Waals surface area contributed by atoms with Gasteiger partial charge in [0.25, 0.3) is 5.91 Å². The third-order valence-corrected chi connectivity index (χ3v) is 14.1. The van der Waals surface area contributed by atoms with Crippen LogP contribution < -0.4 is 19.5 Å². The van der Waals surface area contributed by atoms with Crippen molar-refractivity contribution in [3.8, 4) is 11.6 Å². The van der Waals surface area contributed by atoms with E-state index < -0.39 is 68.7 Å². The Kier molecular flexibility index (Phi) is 11.0. The molecule has 0 radical (unpaired) electrons. The molecule has 7 atom stereocenters. The van der Waals surface area contributed by atoms with Crippen LogP contribution in [0.4, 0.5) is 4.79 Å². The normalized spacial score (nSPS) is 30.8. The summed E-state index contributed by atoms with van der Waals surface area (Å²) in [6, 6.07) is 5.30. The SMILES string of the molecule is CCCOc1cnc(O[C@@H]2C[C@H]3C(=O)N[C@]4(C(=O)NS(=O)(=O)C5CC5)C[C@H]4/C=C\CC[C@H](C)C[C@@H](C)[C@H](N(CC4(C)CC4)C(=O)O)C(=O)N3C2)c2ccccc12. The summed E-state index contributed by atoms with van der Waals surface area (Å²) in [5.41, 5.74) is -1.76. The van der Waals surface area contributed by atoms with Gasteiger partial charge >= 0.3 is 6.09 Å². The molecule has 15 heteroatoms. The Morgan fingerprint density at radius 2 is 1.84 bits per heavy atom. The quantitative estimate of drug-likeness (QED) is 0.261. The fourth-order valence-corrected chi connectivity index (χ4v) is 9.87. The van der Waals surface area contributed by atoms with E-state index in [4.69, 9.17) is 9.47 Å². The highest BCUT2D eigenvalue weighted by Crippen LogP contribution is 2.48. The molecule has 14 nitrogen and oxygen atoms in total. The molecule has 3 N–H and O–H groups in total. The second-order valence-electron chi connectivity index (χ2n) is 17.2. The predicted octanol–water partition coefficient (Wildman–Crippen LogP) is 5.02. The highest BCUT2D eigenvalue weighted by atomic mass is 32.2. The van der Waals surface area contributed by atoms with Gasteiger partial charge in [0.05, 0.1) is 24.6 Å². The largest absolute Gasteiger partial charge is 0.491 e. The molecule has 1 aromatic carbocycles. The van der Waals surface area contributed by atoms with Crippen LogP contribution in [0.3, 0.4) is 0 Å². The molecule has 2 aromatic rings. The van der Waals surface area contributed by atoms with Crippen molar-refractivity contribution in [1.29, 1.82) is 0 Å². The van der Waals surface area contributed by atoms with Crippen LogP contribution in [0.2, 0.25) is 0 Å². The highest BCUT2D eigenvalue weighted by molar-refractivity contribution is 7.91. The van der Waals surface area contributed by atoms with Crippen LogP contribution in [-0.2, 0) is 24.4 Å². The summed E-state index contributed by atoms with van der Waals surface area (Å²) in [5, 5.41) is 14.4. The second-order valence-corrected chi connectivity index (χ2v) is 19.2. The maximum atomic E-state index is 15.1. The molecule has 3 saturated carbocycles. The summed E-state index contributed by atoms with van der Waals surface area (Å²) in [4.78, 5) is 63.8. The minimum absolute atomic E-state index is 0.0303. The molecule has 56 heavy (non-hydrogen) atoms. The number of carboxylic acid groups (broad SMARTS) is 1. The van der Waals surface area contributed by atoms with Gasteiger partial charge < -0.3 is 24.8 Å². The molecule has 3 heterocycles. The van der Waals surface area contributed by atoms with Crippen LogP contribution in [0.5, 0.6) is 11.6 Å². The lowest BCUT2D eigenvalue weighted by Crippen LogP contribution is -2.60. The van der Waals surface area contributed by atoms with Crippen LogP contribution >= 0.6 is 0 Å². The number of amides is 4. The number of ether oxygens (including phenoxy) is 2. The van der Waals surface area contributed by atoms with E-state index in [0.29, 0.717) is 49.3 Å². The third kappa shape index (κ3) is 8.33. The molecule has 4 fully saturated rings. The van der Waals surface area contributed by atoms with Gasteiger partial charge in [-0.2, -0.15) is 0 Å². The number of sulfonamides is 1. The van der Waals surface area contributed by atoms with Crippen LogP contribution in [0.25, 0.3) is 10.8 Å². The number of nitrogens with one attached hydrogen (secondary N) is 2. The molecule has 0 spiro atoms. The van der Waals surface area contributed by atoms with Gasteiger partial charge in [0.15, 0.2) is 0 Å². The van der Waals surface area contributed by atoms with E-state index in [1.54, 1.807) is 6.20 Å². The van der Waals surface area contributed by atoms with Crippen molar-refractivity contribution < 1.29 is 42.2 Å². The zero-order valence-corrected chi connectivity index (χ0v) is 33.6. The van der Waals surface area contributed by atoms with E-state index >= 15 is 4.79 Å². The van der Waals surface area contributed by atoms with E-state index in [-0.39, 0.29) is 43.2 Å². The third-order valence-electron chi connectivity index (χ3n) is 12.3. The standard InChI is InChI=1S/C41H55N5O9S/c1-5-18-54-33-22-42-36(31-13-9-8-12-30(31)33)55-28-20-32-35(47)43-41(38(49)44-56(52,53)29-14-15-29)21-27(41)11-7-6-10-25(2)19-26(3)34(37(48)45(32)23-28)46(39(50)51)24-40(4)16-17-40/h7-9,11-13,22,25-29,32,34H,5-6,10,14-21,23-24H2,1-4H3,(H,43,47)(H,44,49)(H,50,51)/b11-7-/t25-,26+,27+,28+,32-,34-,41+/m0/s1. The first-order chi connectivity index (χ1) is 26.6. The van der Waals surface area contributed by atoms with Gasteiger partial charge in [0.2, 0.25) is 27.7 Å². The van der Waals surface area contributed by atoms with Gasteiger partial charge in [0, 0.05) is 29.7 Å². The van der Waals surface area contributed by atoms with E-state index in [2.05, 4.69) is 21.9 Å². The van der Waals surface area contributed by atoms with Gasteiger partial charge in [-0.05, 0) is 81.1 Å². The number of pyridine rings is 1. The average molecular weight is 794 g/mol. The molecule has 1 saturated heterocycles. The van der Waals surface area contributed by atoms with Crippen molar-refractivity contribution in [1.82, 2.24) is 24.8 Å². The number of carbonyl (C=O) groups is 4. The Morgan fingerprint density at radius 1 is 1.11 bits per heavy atom. The van der Waals surface area contributed by atoms with E-state index in [9.17, 15) is 27.9 Å². The molecule has 304 valence electrons. The van der Waals surface area contributed by atoms with Gasteiger partial charge in [-0.3, -0.25) is 24.0 Å². The van der Waals surface area contributed by atoms with E-state index in [1.807, 2.05) is 57.2 Å². The number of hydrogen-bond donors (Lipinski definition) is 3. The lowest BCUT2D eigenvalue weighted by molar-refractivity contribution is -0.144. The molecular weight excluding hydrogens is 739 g/mol. The van der Waals surface area contributed by atoms with E-state index in [1.165, 1.54) is 9.80 Å². The highest BCUT2D eigenvalue weighted by Gasteiger charge is 2.62. The minimum atomic E-state index is -3.91. The maximum Gasteiger partial charge on any atom is 0.408 e. The summed E-state index contributed by atoms with van der Waals surface area (Å²) in [5.74, 6) is -1.73. The Bertz CT molecular complexity index is 2000. The zero-order chi connectivity index (χ0) is 40.0. The Morgan fingerprint density at radius 3 is 2.52 bits per heavy atom. The Labute approximate surface area is 328 Å². The zero-order valence-electron chi connectivity index (χ0n) is 32.7. The number of hydrogen-bond acceptors (Lipinski definition) is 9. The topological polar surface area (TPSA) is 185 Å². The first kappa shape index (κ1) is 39.8. The second kappa shape index (κ2) is 15.5. The fraction of sp³-hybridized carbons (Fsp3) is 0.634. The number of fused-ring (bicyclic) bond motifs is 3. The first-order valence-corrected chi connectivity index (χ1v) is 21.7. The number of rotatable bonds is 11. The summed E-state index contributed by atoms with van der Waals surface area (Å²) >= 11 is 0. The monoisotopic (exact) mass is 793 g/mol. The predicted molar refractivity (Wildman–Crippen MR) is 208 cm³/mol. The van der Waals surface area contributed by atoms with Crippen LogP contribution in [0, 0.1) is 23.2 Å². The Balaban J connectivity index is 1.25. The molecule has 0 unspecified atom stereocenters. The molecule has 7 rings (SSSR count). The van der Waals surface area contributed by atoms with Crippen molar-refractivity contribution in [2.45, 2.75) is 121 Å². The molecule has 5 aliphatic rings. The van der Waals surface area contributed by atoms with Gasteiger partial charge in [-0.1, -0.05) is 58.0 Å². The molecule has 4 amide bonds. The number of nitrogens with zero attached hydrogens (tertiary/aromatic N) is 3. The van der Waals surface area contributed by atoms with Crippen LogP contribution in [-0.4, -0.2) is 101 Å². The number of carbonyl (C=O) groups excluding carboxylic acids is 3. The lowest BCUT2D eigenvalue weighted by Gasteiger charge is -2.38. The summed E-state index contributed by atoms with van der Waals surface area (Å²) < 4.78 is 40.6. The van der Waals surface area contributed by atoms with Crippen molar-refractivity contribution >= 4 is 44.6 Å². The lowest BCUT2D eigenvalue weighted by atomic mass is 9.86. The maximum absolute atomic E-state index is 15.1. The summed E-state index contributed by atoms with van der Waals surface area (Å²) in [6.07, 6.45) is 9.19. The molecule has 0 bridgehead atoms. The molecule has 1 aromatic heterocycles. The number of allylic oxidation sites excluding steroid dienone is 1. The van der Waals surface area contributed by atoms with Crippen LogP contribution in [0.15, 0.2) is 42.6 Å². The van der Waals surface area contributed by atoms with E-state index in [0.717, 1.165) is 31.1 Å². The van der Waals surface area contributed by atoms with Gasteiger partial charge in [-0.15, -0.1) is 0 Å². The van der Waals surface area contributed by atoms with Crippen molar-refractivity contribution in [2.24, 2.45) is 23.2 Å². The first-order valence-electron chi connectivity index (χ1n) is 20.2. The molecular formula is C41H55N5O9S. The van der Waals surface area contributed by atoms with Crippen molar-refractivity contribution in [3.05, 3.63) is 42.6 Å². The van der Waals surface area contributed by atoms with Crippen molar-refractivity contribution in [2.75, 3.05) is 19.7 Å². The summed E-state index contributed by atoms with van der Waals surface area (Å²) in [6.45, 7) is 8.68. The minimum Gasteiger partial charge on any atom is -0.491 e. The number of aromatic nitrogens is 1. The molecule has 3 aliphatic carbocycles. The van der Waals surface area contributed by atoms with Crippen LogP contribution in [0.1, 0.15) is 91.9 Å². The average Bonchev–Trinajstić information content (AvgIpc) is 4.10. The number of benzene rings is 1. The molecule has 2 aliphatic heterocycles.